The maximum absolute atomic E-state index is 12.5. The first-order valence-electron chi connectivity index (χ1n) is 8.70. The Kier molecular flexibility index (Phi) is 4.64. The number of anilines is 1. The van der Waals surface area contributed by atoms with Crippen LogP contribution in [0.1, 0.15) is 30.7 Å². The fraction of sp³-hybridized carbons (Fsp3) is 0.250. The van der Waals surface area contributed by atoms with Gasteiger partial charge in [-0.05, 0) is 43.0 Å². The Balaban J connectivity index is 1.49. The average molecular weight is 349 g/mol. The number of carbonyl (C=O) groups is 1. The molecule has 1 N–H and O–H groups in total. The molecule has 0 aliphatic heterocycles. The van der Waals surface area contributed by atoms with Crippen LogP contribution in [-0.2, 0) is 11.2 Å². The van der Waals surface area contributed by atoms with Gasteiger partial charge >= 0.3 is 0 Å². The summed E-state index contributed by atoms with van der Waals surface area (Å²) in [4.78, 5) is 16.9. The number of allylic oxidation sites excluding steroid dienone is 2. The zero-order valence-electron chi connectivity index (χ0n) is 14.2. The van der Waals surface area contributed by atoms with Gasteiger partial charge in [0.25, 0.3) is 0 Å². The van der Waals surface area contributed by atoms with Crippen molar-refractivity contribution in [3.63, 3.8) is 0 Å². The molecule has 4 rings (SSSR count). The first kappa shape index (κ1) is 16.3. The van der Waals surface area contributed by atoms with Crippen LogP contribution in [0.2, 0.25) is 0 Å². The van der Waals surface area contributed by atoms with Gasteiger partial charge in [-0.25, -0.2) is 0 Å². The molecule has 0 fully saturated rings. The molecule has 2 aromatic heterocycles. The van der Waals surface area contributed by atoms with E-state index < -0.39 is 0 Å². The molecule has 0 unspecified atom stereocenters. The monoisotopic (exact) mass is 349 g/mol. The summed E-state index contributed by atoms with van der Waals surface area (Å²) in [6.45, 7) is 0. The number of aromatic nitrogens is 2. The summed E-state index contributed by atoms with van der Waals surface area (Å²) in [6.07, 6.45) is 8.85. The molecule has 1 amide bonds. The standard InChI is InChI=1S/C20H19N3O3/c24-20(14-7-2-1-3-8-14)21-16-10-5-4-9-15(16)13-18-22-19(23-26-18)17-11-6-12-25-17/h1-2,4-6,9-12,14H,3,7-8,13H2,(H,21,24)/t14-/m0/s1. The smallest absolute Gasteiger partial charge is 0.238 e. The van der Waals surface area contributed by atoms with Crippen LogP contribution in [0, 0.1) is 5.92 Å². The Morgan fingerprint density at radius 3 is 2.92 bits per heavy atom. The molecule has 6 nitrogen and oxygen atoms in total. The minimum atomic E-state index is 0.0296. The van der Waals surface area contributed by atoms with Crippen LogP contribution in [0.4, 0.5) is 5.69 Å². The van der Waals surface area contributed by atoms with Crippen molar-refractivity contribution in [1.82, 2.24) is 10.1 Å². The zero-order valence-corrected chi connectivity index (χ0v) is 14.2. The van der Waals surface area contributed by atoms with Crippen molar-refractivity contribution in [2.45, 2.75) is 25.7 Å². The summed E-state index contributed by atoms with van der Waals surface area (Å²) in [5.74, 6) is 1.54. The van der Waals surface area contributed by atoms with Gasteiger partial charge in [0, 0.05) is 11.6 Å². The molecule has 0 saturated carbocycles. The second kappa shape index (κ2) is 7.39. The molecule has 0 bridgehead atoms. The highest BCUT2D eigenvalue weighted by molar-refractivity contribution is 5.93. The molecule has 26 heavy (non-hydrogen) atoms. The van der Waals surface area contributed by atoms with E-state index in [9.17, 15) is 4.79 Å². The zero-order chi connectivity index (χ0) is 17.8. The van der Waals surface area contributed by atoms with E-state index in [0.717, 1.165) is 30.5 Å². The Labute approximate surface area is 150 Å². The van der Waals surface area contributed by atoms with Crippen molar-refractivity contribution in [3.05, 3.63) is 66.3 Å². The second-order valence-electron chi connectivity index (χ2n) is 6.29. The normalized spacial score (nSPS) is 16.5. The van der Waals surface area contributed by atoms with E-state index >= 15 is 0 Å². The summed E-state index contributed by atoms with van der Waals surface area (Å²) >= 11 is 0. The van der Waals surface area contributed by atoms with E-state index in [1.165, 1.54) is 0 Å². The van der Waals surface area contributed by atoms with Crippen LogP contribution in [0.3, 0.4) is 0 Å². The van der Waals surface area contributed by atoms with Crippen LogP contribution >= 0.6 is 0 Å². The van der Waals surface area contributed by atoms with Gasteiger partial charge in [0.1, 0.15) is 0 Å². The third kappa shape index (κ3) is 3.59. The van der Waals surface area contributed by atoms with Gasteiger partial charge in [-0.3, -0.25) is 4.79 Å². The van der Waals surface area contributed by atoms with Gasteiger partial charge in [0.2, 0.25) is 17.6 Å². The molecule has 3 aromatic rings. The highest BCUT2D eigenvalue weighted by Gasteiger charge is 2.20. The topological polar surface area (TPSA) is 81.2 Å². The maximum atomic E-state index is 12.5. The predicted molar refractivity (Wildman–Crippen MR) is 96.4 cm³/mol. The predicted octanol–water partition coefficient (Wildman–Crippen LogP) is 4.22. The van der Waals surface area contributed by atoms with Gasteiger partial charge < -0.3 is 14.3 Å². The Bertz CT molecular complexity index is 912. The fourth-order valence-corrected chi connectivity index (χ4v) is 3.06. The summed E-state index contributed by atoms with van der Waals surface area (Å²) in [5.41, 5.74) is 1.71. The molecule has 0 spiro atoms. The molecule has 0 saturated heterocycles. The second-order valence-corrected chi connectivity index (χ2v) is 6.29. The molecule has 6 heteroatoms. The molecule has 1 aliphatic rings. The van der Waals surface area contributed by atoms with Crippen LogP contribution in [0.15, 0.2) is 63.8 Å². The number of amides is 1. The van der Waals surface area contributed by atoms with E-state index in [1.54, 1.807) is 18.4 Å². The van der Waals surface area contributed by atoms with Crippen molar-refractivity contribution in [2.75, 3.05) is 5.32 Å². The Morgan fingerprint density at radius 2 is 2.12 bits per heavy atom. The van der Waals surface area contributed by atoms with Crippen LogP contribution < -0.4 is 5.32 Å². The maximum Gasteiger partial charge on any atom is 0.238 e. The number of rotatable bonds is 5. The molecule has 1 aliphatic carbocycles. The Morgan fingerprint density at radius 1 is 1.19 bits per heavy atom. The number of furan rings is 1. The first-order valence-corrected chi connectivity index (χ1v) is 8.70. The van der Waals surface area contributed by atoms with E-state index in [2.05, 4.69) is 27.6 Å². The van der Waals surface area contributed by atoms with Crippen molar-refractivity contribution in [2.24, 2.45) is 5.92 Å². The molecular weight excluding hydrogens is 330 g/mol. The first-order chi connectivity index (χ1) is 12.8. The van der Waals surface area contributed by atoms with E-state index in [1.807, 2.05) is 24.3 Å². The van der Waals surface area contributed by atoms with Gasteiger partial charge in [-0.1, -0.05) is 35.5 Å². The molecule has 1 atom stereocenters. The minimum absolute atomic E-state index is 0.0296. The lowest BCUT2D eigenvalue weighted by molar-refractivity contribution is -0.120. The van der Waals surface area contributed by atoms with Crippen molar-refractivity contribution in [3.8, 4) is 11.6 Å². The highest BCUT2D eigenvalue weighted by atomic mass is 16.5. The van der Waals surface area contributed by atoms with Gasteiger partial charge in [0.05, 0.1) is 12.7 Å². The number of hydrogen-bond donors (Lipinski definition) is 1. The molecule has 2 heterocycles. The summed E-state index contributed by atoms with van der Waals surface area (Å²) in [6, 6.07) is 11.2. The number of para-hydroxylation sites is 1. The van der Waals surface area contributed by atoms with Crippen molar-refractivity contribution in [1.29, 1.82) is 0 Å². The summed E-state index contributed by atoms with van der Waals surface area (Å²) in [5, 5.41) is 7.00. The molecule has 1 aromatic carbocycles. The number of carbonyl (C=O) groups excluding carboxylic acids is 1. The van der Waals surface area contributed by atoms with Gasteiger partial charge in [-0.15, -0.1) is 0 Å². The minimum Gasteiger partial charge on any atom is -0.461 e. The van der Waals surface area contributed by atoms with Crippen molar-refractivity contribution >= 4 is 11.6 Å². The van der Waals surface area contributed by atoms with Gasteiger partial charge in [-0.2, -0.15) is 4.98 Å². The third-order valence-electron chi connectivity index (χ3n) is 4.47. The highest BCUT2D eigenvalue weighted by Crippen LogP contribution is 2.24. The van der Waals surface area contributed by atoms with E-state index in [0.29, 0.717) is 23.9 Å². The quantitative estimate of drug-likeness (QED) is 0.698. The number of nitrogens with zero attached hydrogens (tertiary/aromatic N) is 2. The summed E-state index contributed by atoms with van der Waals surface area (Å²) in [7, 11) is 0. The van der Waals surface area contributed by atoms with Gasteiger partial charge in [0.15, 0.2) is 5.76 Å². The third-order valence-corrected chi connectivity index (χ3v) is 4.47. The van der Waals surface area contributed by atoms with E-state index in [4.69, 9.17) is 8.94 Å². The Hall–Kier alpha value is -3.15. The number of benzene rings is 1. The molecular formula is C20H19N3O3. The lowest BCUT2D eigenvalue weighted by atomic mass is 9.93. The molecule has 132 valence electrons. The van der Waals surface area contributed by atoms with Crippen LogP contribution in [-0.4, -0.2) is 16.0 Å². The van der Waals surface area contributed by atoms with Crippen LogP contribution in [0.5, 0.6) is 0 Å². The van der Waals surface area contributed by atoms with Crippen LogP contribution in [0.25, 0.3) is 11.6 Å². The fourth-order valence-electron chi connectivity index (χ4n) is 3.06. The lowest BCUT2D eigenvalue weighted by Crippen LogP contribution is -2.24. The molecule has 0 radical (unpaired) electrons. The largest absolute Gasteiger partial charge is 0.461 e. The lowest BCUT2D eigenvalue weighted by Gasteiger charge is -2.18. The number of hydrogen-bond acceptors (Lipinski definition) is 5. The average Bonchev–Trinajstić information content (AvgIpc) is 3.36. The van der Waals surface area contributed by atoms with Crippen molar-refractivity contribution < 1.29 is 13.7 Å². The number of nitrogens with one attached hydrogen (secondary N) is 1. The SMILES string of the molecule is O=C(Nc1ccccc1Cc1nc(-c2ccco2)no1)[C@H]1CC=CCC1. The summed E-state index contributed by atoms with van der Waals surface area (Å²) < 4.78 is 10.6. The van der Waals surface area contributed by atoms with E-state index in [-0.39, 0.29) is 11.8 Å².